The first-order valence-electron chi connectivity index (χ1n) is 6.74. The first-order valence-corrected chi connectivity index (χ1v) is 7.56. The average Bonchev–Trinajstić information content (AvgIpc) is 2.99. The van der Waals surface area contributed by atoms with E-state index in [1.165, 1.54) is 23.4 Å². The monoisotopic (exact) mass is 274 g/mol. The van der Waals surface area contributed by atoms with Crippen LogP contribution < -0.4 is 10.5 Å². The molecular formula is C15H18N2OS. The molecule has 0 radical (unpaired) electrons. The van der Waals surface area contributed by atoms with Crippen molar-refractivity contribution >= 4 is 11.3 Å². The number of nitrogens with two attached hydrogens (primary N) is 1. The van der Waals surface area contributed by atoms with Crippen LogP contribution in [0.25, 0.3) is 0 Å². The Bertz CT molecular complexity index is 558. The summed E-state index contributed by atoms with van der Waals surface area (Å²) in [5.41, 5.74) is 8.66. The van der Waals surface area contributed by atoms with Gasteiger partial charge < -0.3 is 10.5 Å². The molecule has 1 heterocycles. The number of aromatic nitrogens is 1. The van der Waals surface area contributed by atoms with Crippen molar-refractivity contribution < 1.29 is 4.74 Å². The summed E-state index contributed by atoms with van der Waals surface area (Å²) >= 11 is 1.77. The summed E-state index contributed by atoms with van der Waals surface area (Å²) in [4.78, 5) is 6.12. The number of hydrogen-bond acceptors (Lipinski definition) is 4. The van der Waals surface area contributed by atoms with Gasteiger partial charge in [0, 0.05) is 4.88 Å². The standard InChI is InChI=1S/C15H18N2OS/c1-2-18-11-6-3-5-10(9-11)14(16)15-17-12-7-4-8-13(12)19-15/h3,5-6,9,14H,2,4,7-8,16H2,1H3. The molecule has 100 valence electrons. The van der Waals surface area contributed by atoms with Gasteiger partial charge in [0.2, 0.25) is 0 Å². The lowest BCUT2D eigenvalue weighted by Gasteiger charge is -2.11. The molecule has 4 heteroatoms. The summed E-state index contributed by atoms with van der Waals surface area (Å²) < 4.78 is 5.52. The number of thiazole rings is 1. The van der Waals surface area contributed by atoms with Crippen LogP contribution in [-0.4, -0.2) is 11.6 Å². The summed E-state index contributed by atoms with van der Waals surface area (Å²) in [7, 11) is 0. The molecule has 0 fully saturated rings. The Hall–Kier alpha value is -1.39. The van der Waals surface area contributed by atoms with Crippen LogP contribution in [0, 0.1) is 0 Å². The zero-order valence-corrected chi connectivity index (χ0v) is 11.9. The Morgan fingerprint density at radius 1 is 1.42 bits per heavy atom. The molecule has 3 rings (SSSR count). The number of nitrogens with zero attached hydrogens (tertiary/aromatic N) is 1. The molecule has 0 saturated carbocycles. The third-order valence-corrected chi connectivity index (χ3v) is 4.65. The maximum atomic E-state index is 6.33. The number of ether oxygens (including phenoxy) is 1. The largest absolute Gasteiger partial charge is 0.494 e. The van der Waals surface area contributed by atoms with Gasteiger partial charge in [0.1, 0.15) is 10.8 Å². The number of fused-ring (bicyclic) bond motifs is 1. The van der Waals surface area contributed by atoms with Crippen molar-refractivity contribution in [3.05, 3.63) is 45.4 Å². The average molecular weight is 274 g/mol. The molecule has 2 aromatic rings. The van der Waals surface area contributed by atoms with Crippen LogP contribution in [0.5, 0.6) is 5.75 Å². The molecule has 0 amide bonds. The molecule has 3 nitrogen and oxygen atoms in total. The zero-order valence-electron chi connectivity index (χ0n) is 11.1. The van der Waals surface area contributed by atoms with Crippen molar-refractivity contribution in [2.24, 2.45) is 5.73 Å². The highest BCUT2D eigenvalue weighted by Gasteiger charge is 2.21. The fraction of sp³-hybridized carbons (Fsp3) is 0.400. The highest BCUT2D eigenvalue weighted by molar-refractivity contribution is 7.11. The van der Waals surface area contributed by atoms with Crippen LogP contribution in [-0.2, 0) is 12.8 Å². The maximum Gasteiger partial charge on any atom is 0.119 e. The molecule has 1 aromatic heterocycles. The molecule has 0 spiro atoms. The Morgan fingerprint density at radius 2 is 2.32 bits per heavy atom. The van der Waals surface area contributed by atoms with Crippen molar-refractivity contribution in [3.8, 4) is 5.75 Å². The van der Waals surface area contributed by atoms with Crippen molar-refractivity contribution in [1.29, 1.82) is 0 Å². The van der Waals surface area contributed by atoms with E-state index in [9.17, 15) is 0 Å². The number of hydrogen-bond donors (Lipinski definition) is 1. The molecular weight excluding hydrogens is 256 g/mol. The minimum atomic E-state index is -0.143. The predicted molar refractivity (Wildman–Crippen MR) is 77.8 cm³/mol. The SMILES string of the molecule is CCOc1cccc(C(N)c2nc3c(s2)CCC3)c1. The summed E-state index contributed by atoms with van der Waals surface area (Å²) in [6.07, 6.45) is 3.51. The molecule has 2 N–H and O–H groups in total. The second kappa shape index (κ2) is 5.31. The normalized spacial score (nSPS) is 15.3. The van der Waals surface area contributed by atoms with E-state index in [1.54, 1.807) is 11.3 Å². The van der Waals surface area contributed by atoms with Crippen molar-refractivity contribution in [2.45, 2.75) is 32.2 Å². The van der Waals surface area contributed by atoms with Gasteiger partial charge in [-0.2, -0.15) is 0 Å². The second-order valence-corrected chi connectivity index (χ2v) is 5.87. The molecule has 1 unspecified atom stereocenters. The van der Waals surface area contributed by atoms with Gasteiger partial charge in [0.05, 0.1) is 18.3 Å². The van der Waals surface area contributed by atoms with Gasteiger partial charge in [-0.3, -0.25) is 0 Å². The van der Waals surface area contributed by atoms with Crippen LogP contribution in [0.1, 0.15) is 40.5 Å². The summed E-state index contributed by atoms with van der Waals surface area (Å²) in [6, 6.07) is 7.86. The second-order valence-electron chi connectivity index (χ2n) is 4.76. The third kappa shape index (κ3) is 2.51. The van der Waals surface area contributed by atoms with Crippen molar-refractivity contribution in [3.63, 3.8) is 0 Å². The van der Waals surface area contributed by atoms with E-state index in [0.717, 1.165) is 22.7 Å². The zero-order chi connectivity index (χ0) is 13.2. The Labute approximate surface area is 117 Å². The Balaban J connectivity index is 1.86. The number of benzene rings is 1. The molecule has 0 bridgehead atoms. The van der Waals surface area contributed by atoms with Gasteiger partial charge >= 0.3 is 0 Å². The van der Waals surface area contributed by atoms with Crippen LogP contribution in [0.3, 0.4) is 0 Å². The molecule has 1 aromatic carbocycles. The minimum absolute atomic E-state index is 0.143. The predicted octanol–water partition coefficient (Wildman–Crippen LogP) is 3.08. The summed E-state index contributed by atoms with van der Waals surface area (Å²) in [6.45, 7) is 2.65. The molecule has 0 aliphatic heterocycles. The van der Waals surface area contributed by atoms with Crippen molar-refractivity contribution in [2.75, 3.05) is 6.61 Å². The lowest BCUT2D eigenvalue weighted by molar-refractivity contribution is 0.340. The van der Waals surface area contributed by atoms with Gasteiger partial charge in [-0.1, -0.05) is 12.1 Å². The lowest BCUT2D eigenvalue weighted by atomic mass is 10.1. The number of aryl methyl sites for hydroxylation is 2. The van der Waals surface area contributed by atoms with E-state index in [2.05, 4.69) is 0 Å². The van der Waals surface area contributed by atoms with E-state index < -0.39 is 0 Å². The first kappa shape index (κ1) is 12.6. The minimum Gasteiger partial charge on any atom is -0.494 e. The van der Waals surface area contributed by atoms with E-state index in [-0.39, 0.29) is 6.04 Å². The first-order chi connectivity index (χ1) is 9.28. The highest BCUT2D eigenvalue weighted by Crippen LogP contribution is 2.32. The van der Waals surface area contributed by atoms with Gasteiger partial charge in [0.25, 0.3) is 0 Å². The Morgan fingerprint density at radius 3 is 3.11 bits per heavy atom. The quantitative estimate of drug-likeness (QED) is 0.932. The summed E-state index contributed by atoms with van der Waals surface area (Å²) in [5, 5.41) is 1.03. The molecule has 19 heavy (non-hydrogen) atoms. The summed E-state index contributed by atoms with van der Waals surface area (Å²) in [5.74, 6) is 0.875. The molecule has 1 aliphatic rings. The van der Waals surface area contributed by atoms with Crippen LogP contribution >= 0.6 is 11.3 Å². The molecule has 0 saturated heterocycles. The third-order valence-electron chi connectivity index (χ3n) is 3.41. The number of rotatable bonds is 4. The smallest absolute Gasteiger partial charge is 0.119 e. The molecule has 1 aliphatic carbocycles. The van der Waals surface area contributed by atoms with Crippen LogP contribution in [0.2, 0.25) is 0 Å². The topological polar surface area (TPSA) is 48.1 Å². The van der Waals surface area contributed by atoms with Gasteiger partial charge in [-0.15, -0.1) is 11.3 Å². The van der Waals surface area contributed by atoms with Gasteiger partial charge in [0.15, 0.2) is 0 Å². The molecule has 1 atom stereocenters. The maximum absolute atomic E-state index is 6.33. The highest BCUT2D eigenvalue weighted by atomic mass is 32.1. The van der Waals surface area contributed by atoms with Gasteiger partial charge in [-0.05, 0) is 43.9 Å². The van der Waals surface area contributed by atoms with Crippen LogP contribution in [0.4, 0.5) is 0 Å². The Kier molecular flexibility index (Phi) is 3.53. The fourth-order valence-electron chi connectivity index (χ4n) is 2.45. The van der Waals surface area contributed by atoms with Crippen LogP contribution in [0.15, 0.2) is 24.3 Å². The van der Waals surface area contributed by atoms with E-state index in [0.29, 0.717) is 6.61 Å². The lowest BCUT2D eigenvalue weighted by Crippen LogP contribution is -2.12. The fourth-order valence-corrected chi connectivity index (χ4v) is 3.63. The van der Waals surface area contributed by atoms with E-state index in [4.69, 9.17) is 15.5 Å². The van der Waals surface area contributed by atoms with Crippen molar-refractivity contribution in [1.82, 2.24) is 4.98 Å². The van der Waals surface area contributed by atoms with Gasteiger partial charge in [-0.25, -0.2) is 4.98 Å². The van der Waals surface area contributed by atoms with E-state index >= 15 is 0 Å². The van der Waals surface area contributed by atoms with E-state index in [1.807, 2.05) is 31.2 Å².